The first-order valence-corrected chi connectivity index (χ1v) is 10.8. The molecule has 0 atom stereocenters. The van der Waals surface area contributed by atoms with Crippen molar-refractivity contribution in [2.45, 2.75) is 25.8 Å². The first-order valence-electron chi connectivity index (χ1n) is 10.8. The summed E-state index contributed by atoms with van der Waals surface area (Å²) in [7, 11) is 0. The predicted molar refractivity (Wildman–Crippen MR) is 126 cm³/mol. The number of fused-ring (bicyclic) bond motifs is 1. The summed E-state index contributed by atoms with van der Waals surface area (Å²) < 4.78 is 9.31. The van der Waals surface area contributed by atoms with Crippen LogP contribution < -0.4 is 21.3 Å². The lowest BCUT2D eigenvalue weighted by Gasteiger charge is -2.19. The number of pyridine rings is 1. The fraction of sp³-hybridized carbons (Fsp3) is 0.160. The van der Waals surface area contributed by atoms with Crippen LogP contribution >= 0.6 is 0 Å². The van der Waals surface area contributed by atoms with Crippen LogP contribution in [0.2, 0.25) is 0 Å². The number of carbonyl (C=O) groups is 1. The smallest absolute Gasteiger partial charge is 0.284 e. The molecule has 166 valence electrons. The van der Waals surface area contributed by atoms with E-state index in [2.05, 4.69) is 10.3 Å². The van der Waals surface area contributed by atoms with Crippen molar-refractivity contribution in [3.05, 3.63) is 94.5 Å². The molecule has 0 fully saturated rings. The number of para-hydroxylation sites is 1. The van der Waals surface area contributed by atoms with Gasteiger partial charge >= 0.3 is 0 Å². The molecule has 0 spiro atoms. The van der Waals surface area contributed by atoms with E-state index < -0.39 is 5.91 Å². The SMILES string of the molecule is Nc1cc(Oc2ccc(NC(=O)c3c4n(n(-c5ccccc5)c3=O)CCCC4)cc2)ccn1. The second-order valence-corrected chi connectivity index (χ2v) is 7.85. The van der Waals surface area contributed by atoms with E-state index in [0.717, 1.165) is 24.2 Å². The van der Waals surface area contributed by atoms with Gasteiger partial charge in [0.05, 0.1) is 11.4 Å². The second-order valence-electron chi connectivity index (χ2n) is 7.85. The van der Waals surface area contributed by atoms with Gasteiger partial charge in [-0.2, -0.15) is 0 Å². The van der Waals surface area contributed by atoms with Crippen LogP contribution in [0, 0.1) is 0 Å². The van der Waals surface area contributed by atoms with Crippen LogP contribution in [-0.2, 0) is 13.0 Å². The number of benzene rings is 2. The largest absolute Gasteiger partial charge is 0.457 e. The fourth-order valence-corrected chi connectivity index (χ4v) is 4.11. The summed E-state index contributed by atoms with van der Waals surface area (Å²) in [5, 5.41) is 2.86. The summed E-state index contributed by atoms with van der Waals surface area (Å²) >= 11 is 0. The van der Waals surface area contributed by atoms with Crippen molar-refractivity contribution in [2.24, 2.45) is 0 Å². The first-order chi connectivity index (χ1) is 16.1. The molecular weight excluding hydrogens is 418 g/mol. The molecule has 2 aromatic heterocycles. The van der Waals surface area contributed by atoms with E-state index >= 15 is 0 Å². The van der Waals surface area contributed by atoms with Crippen LogP contribution in [0.5, 0.6) is 11.5 Å². The molecule has 0 bridgehead atoms. The van der Waals surface area contributed by atoms with Crippen LogP contribution in [0.15, 0.2) is 77.7 Å². The Morgan fingerprint density at radius 2 is 1.79 bits per heavy atom. The fourth-order valence-electron chi connectivity index (χ4n) is 4.11. The number of anilines is 2. The highest BCUT2D eigenvalue weighted by Gasteiger charge is 2.27. The maximum atomic E-state index is 13.3. The third kappa shape index (κ3) is 4.10. The lowest BCUT2D eigenvalue weighted by molar-refractivity contribution is 0.102. The summed E-state index contributed by atoms with van der Waals surface area (Å²) in [6, 6.07) is 19.7. The van der Waals surface area contributed by atoms with Crippen LogP contribution in [0.3, 0.4) is 0 Å². The summed E-state index contributed by atoms with van der Waals surface area (Å²) in [4.78, 5) is 30.4. The van der Waals surface area contributed by atoms with Gasteiger partial charge in [0.1, 0.15) is 22.9 Å². The van der Waals surface area contributed by atoms with Gasteiger partial charge in [0.15, 0.2) is 0 Å². The molecular formula is C25H23N5O3. The number of nitrogens with zero attached hydrogens (tertiary/aromatic N) is 3. The van der Waals surface area contributed by atoms with Crippen molar-refractivity contribution >= 4 is 17.4 Å². The number of hydrogen-bond donors (Lipinski definition) is 2. The zero-order valence-electron chi connectivity index (χ0n) is 17.9. The topological polar surface area (TPSA) is 104 Å². The number of ether oxygens (including phenoxy) is 1. The minimum Gasteiger partial charge on any atom is -0.457 e. The first kappa shape index (κ1) is 20.6. The lowest BCUT2D eigenvalue weighted by atomic mass is 10.1. The predicted octanol–water partition coefficient (Wildman–Crippen LogP) is 4.00. The second kappa shape index (κ2) is 8.66. The monoisotopic (exact) mass is 441 g/mol. The molecule has 0 aliphatic carbocycles. The van der Waals surface area contributed by atoms with Crippen LogP contribution in [-0.4, -0.2) is 20.3 Å². The van der Waals surface area contributed by atoms with Crippen molar-refractivity contribution in [3.63, 3.8) is 0 Å². The Hall–Kier alpha value is -4.33. The van der Waals surface area contributed by atoms with Crippen molar-refractivity contribution in [1.29, 1.82) is 0 Å². The number of carbonyl (C=O) groups excluding carboxylic acids is 1. The Morgan fingerprint density at radius 1 is 1.00 bits per heavy atom. The van der Waals surface area contributed by atoms with Gasteiger partial charge in [-0.1, -0.05) is 18.2 Å². The van der Waals surface area contributed by atoms with E-state index in [4.69, 9.17) is 10.5 Å². The van der Waals surface area contributed by atoms with Crippen molar-refractivity contribution in [2.75, 3.05) is 11.1 Å². The zero-order valence-corrected chi connectivity index (χ0v) is 17.9. The molecule has 4 aromatic rings. The molecule has 8 heteroatoms. The number of rotatable bonds is 5. The Bertz CT molecular complexity index is 1360. The van der Waals surface area contributed by atoms with Gasteiger partial charge in [-0.25, -0.2) is 9.67 Å². The van der Waals surface area contributed by atoms with Gasteiger partial charge < -0.3 is 15.8 Å². The normalized spacial score (nSPS) is 12.7. The highest BCUT2D eigenvalue weighted by atomic mass is 16.5. The number of nitrogens with one attached hydrogen (secondary N) is 1. The highest BCUT2D eigenvalue weighted by molar-refractivity contribution is 6.05. The highest BCUT2D eigenvalue weighted by Crippen LogP contribution is 2.25. The third-order valence-electron chi connectivity index (χ3n) is 5.61. The van der Waals surface area contributed by atoms with Crippen molar-refractivity contribution in [1.82, 2.24) is 14.3 Å². The Balaban J connectivity index is 1.40. The van der Waals surface area contributed by atoms with E-state index in [-0.39, 0.29) is 11.1 Å². The molecule has 5 rings (SSSR count). The number of nitrogens with two attached hydrogens (primary N) is 1. The third-order valence-corrected chi connectivity index (χ3v) is 5.61. The maximum absolute atomic E-state index is 13.3. The summed E-state index contributed by atoms with van der Waals surface area (Å²) in [5.74, 6) is 1.12. The van der Waals surface area contributed by atoms with E-state index in [9.17, 15) is 9.59 Å². The Morgan fingerprint density at radius 3 is 2.55 bits per heavy atom. The van der Waals surface area contributed by atoms with Gasteiger partial charge in [-0.05, 0) is 61.7 Å². The molecule has 0 unspecified atom stereocenters. The lowest BCUT2D eigenvalue weighted by Crippen LogP contribution is -2.25. The molecule has 1 aliphatic rings. The maximum Gasteiger partial charge on any atom is 0.284 e. The van der Waals surface area contributed by atoms with Crippen molar-refractivity contribution < 1.29 is 9.53 Å². The number of aromatic nitrogens is 3. The average molecular weight is 441 g/mol. The molecule has 1 aliphatic heterocycles. The molecule has 3 N–H and O–H groups in total. The number of nitrogen functional groups attached to an aromatic ring is 1. The van der Waals surface area contributed by atoms with Gasteiger partial charge in [0, 0.05) is 24.5 Å². The average Bonchev–Trinajstić information content (AvgIpc) is 3.13. The minimum absolute atomic E-state index is 0.200. The Kier molecular flexibility index (Phi) is 5.40. The molecule has 33 heavy (non-hydrogen) atoms. The van der Waals surface area contributed by atoms with Crippen LogP contribution in [0.1, 0.15) is 28.9 Å². The minimum atomic E-state index is -0.407. The number of amides is 1. The van der Waals surface area contributed by atoms with Gasteiger partial charge in [0.2, 0.25) is 0 Å². The molecule has 8 nitrogen and oxygen atoms in total. The zero-order chi connectivity index (χ0) is 22.8. The van der Waals surface area contributed by atoms with E-state index in [1.54, 1.807) is 47.3 Å². The molecule has 0 saturated heterocycles. The van der Waals surface area contributed by atoms with Crippen molar-refractivity contribution in [3.8, 4) is 17.2 Å². The van der Waals surface area contributed by atoms with Gasteiger partial charge in [0.25, 0.3) is 11.5 Å². The van der Waals surface area contributed by atoms with E-state index in [1.165, 1.54) is 0 Å². The number of hydrogen-bond acceptors (Lipinski definition) is 5. The van der Waals surface area contributed by atoms with Crippen LogP contribution in [0.4, 0.5) is 11.5 Å². The van der Waals surface area contributed by atoms with E-state index in [1.807, 2.05) is 35.0 Å². The van der Waals surface area contributed by atoms with Crippen LogP contribution in [0.25, 0.3) is 5.69 Å². The summed E-state index contributed by atoms with van der Waals surface area (Å²) in [6.45, 7) is 0.707. The van der Waals surface area contributed by atoms with Gasteiger partial charge in [-0.3, -0.25) is 14.3 Å². The summed E-state index contributed by atoms with van der Waals surface area (Å²) in [5.41, 5.74) is 7.68. The molecule has 0 saturated carbocycles. The molecule has 0 radical (unpaired) electrons. The Labute approximate surface area is 190 Å². The standard InChI is InChI=1S/C25H23N5O3/c26-22-16-20(13-14-27-22)33-19-11-9-17(10-12-19)28-24(31)23-21-8-4-5-15-29(21)30(25(23)32)18-6-2-1-3-7-18/h1-3,6-7,9-14,16H,4-5,8,15H2,(H2,26,27)(H,28,31). The molecule has 2 aromatic carbocycles. The van der Waals surface area contributed by atoms with Gasteiger partial charge in [-0.15, -0.1) is 0 Å². The summed E-state index contributed by atoms with van der Waals surface area (Å²) in [6.07, 6.45) is 4.18. The quantitative estimate of drug-likeness (QED) is 0.487. The van der Waals surface area contributed by atoms with E-state index in [0.29, 0.717) is 36.0 Å². The molecule has 3 heterocycles. The molecule has 1 amide bonds.